The summed E-state index contributed by atoms with van der Waals surface area (Å²) >= 11 is 7.28. The monoisotopic (exact) mass is 492 g/mol. The maximum Gasteiger partial charge on any atom is 0.264 e. The van der Waals surface area contributed by atoms with E-state index < -0.39 is 0 Å². The first kappa shape index (κ1) is 23.9. The molecule has 1 heterocycles. The molecule has 0 radical (unpaired) electrons. The lowest BCUT2D eigenvalue weighted by molar-refractivity contribution is -0.115. The second kappa shape index (κ2) is 11.3. The summed E-state index contributed by atoms with van der Waals surface area (Å²) in [6.45, 7) is 4.91. The van der Waals surface area contributed by atoms with Gasteiger partial charge >= 0.3 is 0 Å². The van der Waals surface area contributed by atoms with Gasteiger partial charge in [0, 0.05) is 5.02 Å². The number of carbonyl (C=O) groups is 1. The molecule has 0 aliphatic carbocycles. The van der Waals surface area contributed by atoms with Gasteiger partial charge in [-0.25, -0.2) is 4.99 Å². The quantitative estimate of drug-likeness (QED) is 0.352. The zero-order valence-electron chi connectivity index (χ0n) is 19.0. The third-order valence-corrected chi connectivity index (χ3v) is 6.28. The fraction of sp³-hybridized carbons (Fsp3) is 0.185. The third kappa shape index (κ3) is 6.01. The molecule has 4 rings (SSSR count). The third-order valence-electron chi connectivity index (χ3n) is 5.12. The van der Waals surface area contributed by atoms with E-state index in [2.05, 4.69) is 17.2 Å². The Hall–Kier alpha value is -3.22. The van der Waals surface area contributed by atoms with Crippen LogP contribution in [0.2, 0.25) is 5.02 Å². The van der Waals surface area contributed by atoms with E-state index >= 15 is 0 Å². The number of aliphatic imine (C=N–C) groups is 1. The number of thioether (sulfide) groups is 1. The number of para-hydroxylation sites is 1. The molecule has 7 heteroatoms. The topological polar surface area (TPSA) is 59.9 Å². The van der Waals surface area contributed by atoms with Crippen LogP contribution in [0.15, 0.2) is 76.6 Å². The number of hydrogen-bond acceptors (Lipinski definition) is 5. The van der Waals surface area contributed by atoms with Crippen molar-refractivity contribution in [3.63, 3.8) is 0 Å². The molecule has 1 N–H and O–H groups in total. The second-order valence-electron chi connectivity index (χ2n) is 7.52. The first-order chi connectivity index (χ1) is 16.6. The van der Waals surface area contributed by atoms with Crippen LogP contribution >= 0.6 is 23.4 Å². The summed E-state index contributed by atoms with van der Waals surface area (Å²) in [5.41, 5.74) is 3.86. The highest BCUT2D eigenvalue weighted by Gasteiger charge is 2.24. The van der Waals surface area contributed by atoms with Gasteiger partial charge in [-0.3, -0.25) is 4.79 Å². The number of nitrogens with zero attached hydrogens (tertiary/aromatic N) is 1. The van der Waals surface area contributed by atoms with Crippen LogP contribution in [-0.4, -0.2) is 17.7 Å². The van der Waals surface area contributed by atoms with Gasteiger partial charge in [0.05, 0.1) is 17.2 Å². The smallest absolute Gasteiger partial charge is 0.264 e. The number of benzene rings is 3. The fourth-order valence-corrected chi connectivity index (χ4v) is 4.36. The predicted molar refractivity (Wildman–Crippen MR) is 140 cm³/mol. The zero-order chi connectivity index (χ0) is 23.9. The molecule has 5 nitrogen and oxygen atoms in total. The van der Waals surface area contributed by atoms with Crippen molar-refractivity contribution < 1.29 is 14.3 Å². The largest absolute Gasteiger partial charge is 0.490 e. The molecule has 0 bridgehead atoms. The highest BCUT2D eigenvalue weighted by molar-refractivity contribution is 8.18. The summed E-state index contributed by atoms with van der Waals surface area (Å²) in [5, 5.41) is 4.12. The molecular weight excluding hydrogens is 468 g/mol. The van der Waals surface area contributed by atoms with Crippen molar-refractivity contribution in [3.8, 4) is 11.5 Å². The van der Waals surface area contributed by atoms with Crippen LogP contribution in [0, 0.1) is 0 Å². The number of amides is 1. The van der Waals surface area contributed by atoms with Crippen LogP contribution in [0.3, 0.4) is 0 Å². The number of carbonyl (C=O) groups excluding carboxylic acids is 1. The summed E-state index contributed by atoms with van der Waals surface area (Å²) in [6, 6.07) is 21.1. The average molecular weight is 493 g/mol. The van der Waals surface area contributed by atoms with Gasteiger partial charge in [-0.15, -0.1) is 0 Å². The average Bonchev–Trinajstić information content (AvgIpc) is 3.18. The lowest BCUT2D eigenvalue weighted by Crippen LogP contribution is -2.19. The molecule has 3 aromatic rings. The van der Waals surface area contributed by atoms with Crippen LogP contribution in [-0.2, 0) is 17.8 Å². The molecule has 34 heavy (non-hydrogen) atoms. The Kier molecular flexibility index (Phi) is 7.93. The fourth-order valence-electron chi connectivity index (χ4n) is 3.40. The van der Waals surface area contributed by atoms with E-state index in [0.29, 0.717) is 39.8 Å². The number of amidine groups is 1. The Morgan fingerprint density at radius 1 is 1.00 bits per heavy atom. The summed E-state index contributed by atoms with van der Waals surface area (Å²) in [4.78, 5) is 17.8. The van der Waals surface area contributed by atoms with Gasteiger partial charge in [0.1, 0.15) is 6.61 Å². The predicted octanol–water partition coefficient (Wildman–Crippen LogP) is 6.77. The van der Waals surface area contributed by atoms with Crippen molar-refractivity contribution in [1.82, 2.24) is 5.32 Å². The van der Waals surface area contributed by atoms with Crippen LogP contribution in [0.5, 0.6) is 11.5 Å². The van der Waals surface area contributed by atoms with Gasteiger partial charge in [-0.1, -0.05) is 54.9 Å². The van der Waals surface area contributed by atoms with E-state index in [1.54, 1.807) is 0 Å². The molecule has 1 aliphatic rings. The molecule has 0 spiro atoms. The first-order valence-electron chi connectivity index (χ1n) is 11.1. The number of nitrogens with one attached hydrogen (secondary N) is 1. The van der Waals surface area contributed by atoms with Crippen molar-refractivity contribution in [1.29, 1.82) is 0 Å². The number of halogens is 1. The zero-order valence-corrected chi connectivity index (χ0v) is 20.6. The molecule has 0 aromatic heterocycles. The minimum Gasteiger partial charge on any atom is -0.490 e. The van der Waals surface area contributed by atoms with Crippen molar-refractivity contribution in [2.75, 3.05) is 6.61 Å². The molecule has 3 aromatic carbocycles. The van der Waals surface area contributed by atoms with Gasteiger partial charge < -0.3 is 14.8 Å². The minimum absolute atomic E-state index is 0.168. The Morgan fingerprint density at radius 3 is 2.56 bits per heavy atom. The molecule has 1 fully saturated rings. The lowest BCUT2D eigenvalue weighted by Gasteiger charge is -2.13. The van der Waals surface area contributed by atoms with Crippen molar-refractivity contribution in [3.05, 3.63) is 93.3 Å². The summed E-state index contributed by atoms with van der Waals surface area (Å²) < 4.78 is 11.8. The summed E-state index contributed by atoms with van der Waals surface area (Å²) in [5.74, 6) is 1.10. The highest BCUT2D eigenvalue weighted by Crippen LogP contribution is 2.33. The normalized spacial score (nSPS) is 15.6. The molecular formula is C27H25ClN2O3S. The van der Waals surface area contributed by atoms with Gasteiger partial charge in [-0.05, 0) is 78.2 Å². The number of hydrogen-bond donors (Lipinski definition) is 1. The second-order valence-corrected chi connectivity index (χ2v) is 8.99. The van der Waals surface area contributed by atoms with Gasteiger partial charge in [-0.2, -0.15) is 0 Å². The van der Waals surface area contributed by atoms with E-state index in [0.717, 1.165) is 28.8 Å². The van der Waals surface area contributed by atoms with E-state index in [-0.39, 0.29) is 5.91 Å². The minimum atomic E-state index is -0.168. The van der Waals surface area contributed by atoms with E-state index in [1.165, 1.54) is 11.8 Å². The Labute approximate surface area is 208 Å². The molecule has 0 atom stereocenters. The van der Waals surface area contributed by atoms with E-state index in [1.807, 2.05) is 79.7 Å². The molecule has 1 aliphatic heterocycles. The molecule has 1 saturated heterocycles. The van der Waals surface area contributed by atoms with E-state index in [9.17, 15) is 4.79 Å². The molecule has 0 unspecified atom stereocenters. The van der Waals surface area contributed by atoms with E-state index in [4.69, 9.17) is 21.1 Å². The van der Waals surface area contributed by atoms with Gasteiger partial charge in [0.2, 0.25) is 0 Å². The lowest BCUT2D eigenvalue weighted by atomic mass is 10.1. The maximum atomic E-state index is 12.5. The Morgan fingerprint density at radius 2 is 1.79 bits per heavy atom. The molecule has 1 amide bonds. The Bertz CT molecular complexity index is 1240. The van der Waals surface area contributed by atoms with Crippen molar-refractivity contribution in [2.45, 2.75) is 26.9 Å². The van der Waals surface area contributed by atoms with Crippen LogP contribution < -0.4 is 14.8 Å². The van der Waals surface area contributed by atoms with Gasteiger partial charge in [0.15, 0.2) is 16.7 Å². The molecule has 0 saturated carbocycles. The SMILES string of the molecule is CCOc1cc(/C=C2\SC(=Nc3ccccc3CC)NC2=O)ccc1OCc1ccc(Cl)cc1. The summed E-state index contributed by atoms with van der Waals surface area (Å²) in [6.07, 6.45) is 2.71. The first-order valence-corrected chi connectivity index (χ1v) is 12.3. The van der Waals surface area contributed by atoms with Crippen molar-refractivity contribution in [2.24, 2.45) is 4.99 Å². The van der Waals surface area contributed by atoms with Crippen LogP contribution in [0.4, 0.5) is 5.69 Å². The highest BCUT2D eigenvalue weighted by atomic mass is 35.5. The molecule has 174 valence electrons. The number of aryl methyl sites for hydroxylation is 1. The number of ether oxygens (including phenoxy) is 2. The van der Waals surface area contributed by atoms with Crippen molar-refractivity contribution >= 4 is 46.2 Å². The van der Waals surface area contributed by atoms with Crippen LogP contribution in [0.25, 0.3) is 6.08 Å². The Balaban J connectivity index is 1.51. The van der Waals surface area contributed by atoms with Gasteiger partial charge in [0.25, 0.3) is 5.91 Å². The maximum absolute atomic E-state index is 12.5. The standard InChI is InChI=1S/C27H25ClN2O3S/c1-3-20-7-5-6-8-22(20)29-27-30-26(31)25(34-27)16-19-11-14-23(24(15-19)32-4-2)33-17-18-9-12-21(28)13-10-18/h5-16H,3-4,17H2,1-2H3,(H,29,30,31)/b25-16-. The number of rotatable bonds is 8. The summed E-state index contributed by atoms with van der Waals surface area (Å²) in [7, 11) is 0. The van der Waals surface area contributed by atoms with Crippen LogP contribution in [0.1, 0.15) is 30.5 Å².